The summed E-state index contributed by atoms with van der Waals surface area (Å²) < 4.78 is 38.6. The smallest absolute Gasteiger partial charge is 0.328 e. The molecule has 0 bridgehead atoms. The number of hydrogen-bond donors (Lipinski definition) is 9. The highest BCUT2D eigenvalue weighted by atomic mass is 16.8. The summed E-state index contributed by atoms with van der Waals surface area (Å²) in [5.41, 5.74) is -2.46. The van der Waals surface area contributed by atoms with Gasteiger partial charge in [-0.1, -0.05) is 47.1 Å². The fourth-order valence-electron chi connectivity index (χ4n) is 14.9. The first-order chi connectivity index (χ1) is 35.8. The molecule has 4 saturated carbocycles. The quantitative estimate of drug-likeness (QED) is 0.0610. The second-order valence-electron chi connectivity index (χ2n) is 24.5. The molecule has 24 nitrogen and oxygen atoms in total. The number of aliphatic carboxylic acids is 2. The number of carbonyl (C=O) groups is 8. The van der Waals surface area contributed by atoms with Gasteiger partial charge < -0.3 is 79.5 Å². The first-order valence-electron chi connectivity index (χ1n) is 26.4. The Balaban J connectivity index is 1.20. The van der Waals surface area contributed by atoms with Crippen molar-refractivity contribution in [3.63, 3.8) is 0 Å². The zero-order chi connectivity index (χ0) is 57.3. The molecule has 21 atom stereocenters. The fraction of sp³-hybridized carbons (Fsp3) is 0.811. The number of esters is 3. The third-order valence-corrected chi connectivity index (χ3v) is 19.9. The van der Waals surface area contributed by atoms with Gasteiger partial charge in [0, 0.05) is 5.92 Å². The third-order valence-electron chi connectivity index (χ3n) is 19.9. The second kappa shape index (κ2) is 21.8. The van der Waals surface area contributed by atoms with Crippen LogP contribution in [0.1, 0.15) is 119 Å². The van der Waals surface area contributed by atoms with E-state index in [0.717, 1.165) is 46.2 Å². The highest BCUT2D eigenvalue weighted by Gasteiger charge is 2.71. The molecule has 5 aliphatic carbocycles. The topological polar surface area (TPSA) is 367 Å². The molecule has 7 rings (SSSR count). The second-order valence-corrected chi connectivity index (χ2v) is 24.5. The molecule has 6 fully saturated rings. The highest BCUT2D eigenvalue weighted by Crippen LogP contribution is 2.75. The van der Waals surface area contributed by atoms with Crippen LogP contribution in [-0.4, -0.2) is 184 Å². The van der Waals surface area contributed by atoms with Crippen LogP contribution >= 0.6 is 0 Å². The van der Waals surface area contributed by atoms with Gasteiger partial charge in [-0.2, -0.15) is 0 Å². The largest absolute Gasteiger partial charge is 0.481 e. The standard InChI is InChI=1S/C53H78N2O22/c1-48(2)28-11-14-53(7)40(27(56)19-23-24-22-50(4,47(69)70)16-15-49(24,3)17-18-52(23,53)6)51(28,5)13-12-29(48)74-46-39(35(62)34(61)38(76-46)42(65)55-26(44(68)73-10)21-31(58)72-9)77-45-36(63)32(59)33(60)37(75-45)41(64)54-25(43(66)67)20-30(57)71-8/h19,24-26,28-29,32-40,45-46,59-63H,11-18,20-22H2,1-10H3,(H,54,64)(H,55,65)(H,66,67)(H,69,70)/t24-,25-,26-,28-,29-,32-,33-,34-,35-,36+,37-,38-,39+,40+,45-,46-,49+,50-,51-,52+,53+/m0/s1. The van der Waals surface area contributed by atoms with Gasteiger partial charge in [-0.05, 0) is 110 Å². The summed E-state index contributed by atoms with van der Waals surface area (Å²) in [5, 5.41) is 81.1. The Morgan fingerprint density at radius 3 is 1.79 bits per heavy atom. The molecule has 0 aromatic heterocycles. The van der Waals surface area contributed by atoms with Crippen LogP contribution in [0.2, 0.25) is 0 Å². The Bertz CT molecular complexity index is 2380. The molecule has 2 saturated heterocycles. The maximum Gasteiger partial charge on any atom is 0.328 e. The van der Waals surface area contributed by atoms with E-state index < -0.39 is 167 Å². The maximum absolute atomic E-state index is 15.1. The molecule has 432 valence electrons. The van der Waals surface area contributed by atoms with Crippen molar-refractivity contribution >= 4 is 47.4 Å². The fourth-order valence-corrected chi connectivity index (χ4v) is 14.9. The van der Waals surface area contributed by atoms with E-state index in [2.05, 4.69) is 42.5 Å². The van der Waals surface area contributed by atoms with Gasteiger partial charge in [-0.25, -0.2) is 9.59 Å². The molecule has 9 N–H and O–H groups in total. The number of aliphatic hydroxyl groups is 5. The van der Waals surface area contributed by atoms with Gasteiger partial charge in [0.2, 0.25) is 0 Å². The van der Waals surface area contributed by atoms with Crippen LogP contribution in [0.3, 0.4) is 0 Å². The summed E-state index contributed by atoms with van der Waals surface area (Å²) in [4.78, 5) is 104. The molecule has 2 heterocycles. The summed E-state index contributed by atoms with van der Waals surface area (Å²) >= 11 is 0. The average molecular weight is 1100 g/mol. The number of hydrogen-bond acceptors (Lipinski definition) is 20. The van der Waals surface area contributed by atoms with Crippen molar-refractivity contribution in [2.24, 2.45) is 50.2 Å². The Kier molecular flexibility index (Phi) is 17.0. The number of nitrogens with one attached hydrogen (secondary N) is 2. The number of methoxy groups -OCH3 is 3. The normalized spacial score (nSPS) is 42.9. The number of fused-ring (bicyclic) bond motifs is 7. The number of carbonyl (C=O) groups excluding carboxylic acids is 6. The number of aliphatic hydroxyl groups excluding tert-OH is 5. The van der Waals surface area contributed by atoms with Crippen molar-refractivity contribution < 1.29 is 107 Å². The van der Waals surface area contributed by atoms with E-state index in [1.54, 1.807) is 6.92 Å². The molecule has 7 aliphatic rings. The summed E-state index contributed by atoms with van der Waals surface area (Å²) in [7, 11) is 3.03. The molecule has 77 heavy (non-hydrogen) atoms. The van der Waals surface area contributed by atoms with Crippen molar-refractivity contribution in [2.45, 2.75) is 199 Å². The van der Waals surface area contributed by atoms with Gasteiger partial charge in [-0.3, -0.25) is 28.8 Å². The number of amides is 2. The van der Waals surface area contributed by atoms with Crippen molar-refractivity contribution in [1.29, 1.82) is 0 Å². The van der Waals surface area contributed by atoms with Crippen LogP contribution in [0, 0.1) is 50.2 Å². The summed E-state index contributed by atoms with van der Waals surface area (Å²) in [6, 6.07) is -3.57. The molecule has 0 radical (unpaired) electrons. The van der Waals surface area contributed by atoms with Crippen molar-refractivity contribution in [3.8, 4) is 0 Å². The number of allylic oxidation sites excluding steroid dienone is 2. The lowest BCUT2D eigenvalue weighted by molar-refractivity contribution is -0.369. The predicted octanol–water partition coefficient (Wildman–Crippen LogP) is 0.430. The van der Waals surface area contributed by atoms with E-state index in [1.807, 2.05) is 25.2 Å². The van der Waals surface area contributed by atoms with E-state index in [0.29, 0.717) is 32.1 Å². The minimum Gasteiger partial charge on any atom is -0.481 e. The Morgan fingerprint density at radius 2 is 1.22 bits per heavy atom. The summed E-state index contributed by atoms with van der Waals surface area (Å²) in [6.45, 7) is 14.6. The van der Waals surface area contributed by atoms with Crippen LogP contribution in [0.15, 0.2) is 11.6 Å². The van der Waals surface area contributed by atoms with E-state index in [-0.39, 0.29) is 29.5 Å². The molecule has 0 spiro atoms. The predicted molar refractivity (Wildman–Crippen MR) is 261 cm³/mol. The minimum atomic E-state index is -2.24. The average Bonchev–Trinajstić information content (AvgIpc) is 3.40. The molecular weight excluding hydrogens is 1020 g/mol. The molecule has 2 amide bonds. The van der Waals surface area contributed by atoms with Crippen molar-refractivity contribution in [3.05, 3.63) is 11.6 Å². The number of rotatable bonds is 15. The lowest BCUT2D eigenvalue weighted by Crippen LogP contribution is -2.69. The molecule has 0 unspecified atom stereocenters. The van der Waals surface area contributed by atoms with Gasteiger partial charge in [0.05, 0.1) is 45.7 Å². The highest BCUT2D eigenvalue weighted by molar-refractivity contribution is 5.96. The van der Waals surface area contributed by atoms with Crippen molar-refractivity contribution in [1.82, 2.24) is 10.6 Å². The van der Waals surface area contributed by atoms with Gasteiger partial charge in [0.1, 0.15) is 48.7 Å². The first-order valence-corrected chi connectivity index (χ1v) is 26.4. The zero-order valence-corrected chi connectivity index (χ0v) is 45.3. The maximum atomic E-state index is 15.1. The van der Waals surface area contributed by atoms with E-state index >= 15 is 4.79 Å². The Morgan fingerprint density at radius 1 is 0.662 bits per heavy atom. The zero-order valence-electron chi connectivity index (χ0n) is 45.3. The molecule has 0 aromatic rings. The number of carboxylic acid groups (broad SMARTS) is 2. The number of ether oxygens (including phenoxy) is 7. The minimum absolute atomic E-state index is 0.00558. The SMILES string of the molecule is COC(=O)C[C@H](NC(=O)[C@H]1O[C@@H](O[C@H]2[C@@H](O[C@H]3CC[C@]4(C)[C@H]5C(=O)C=C6[C@@H]7C[C@@](C)(C(=O)O)CC[C@]7(C)CC[C@@]6(C)[C@]5(C)CC[C@H]4C3(C)C)O[C@H](C(=O)N[C@@H](CC(=O)OC)C(=O)OC)[C@@H](O)[C@@H]2O)[C@H](O)[C@@H](O)[C@@H]1O)C(=O)O. The van der Waals surface area contributed by atoms with Gasteiger partial charge in [0.15, 0.2) is 30.6 Å². The summed E-state index contributed by atoms with van der Waals surface area (Å²) in [5.74, 6) is -8.91. The molecule has 24 heteroatoms. The van der Waals surface area contributed by atoms with Gasteiger partial charge in [0.25, 0.3) is 11.8 Å². The van der Waals surface area contributed by atoms with Crippen molar-refractivity contribution in [2.75, 3.05) is 21.3 Å². The lowest BCUT2D eigenvalue weighted by atomic mass is 9.33. The van der Waals surface area contributed by atoms with Crippen LogP contribution < -0.4 is 10.6 Å². The number of ketones is 1. The van der Waals surface area contributed by atoms with Crippen LogP contribution in [0.25, 0.3) is 0 Å². The van der Waals surface area contributed by atoms with E-state index in [1.165, 1.54) is 0 Å². The lowest BCUT2D eigenvalue weighted by Gasteiger charge is -2.70. The van der Waals surface area contributed by atoms with E-state index in [9.17, 15) is 69.3 Å². The molecular formula is C53H78N2O22. The van der Waals surface area contributed by atoms with Crippen LogP contribution in [0.5, 0.6) is 0 Å². The monoisotopic (exact) mass is 1090 g/mol. The Labute approximate surface area is 446 Å². The van der Waals surface area contributed by atoms with Gasteiger partial charge in [-0.15, -0.1) is 0 Å². The van der Waals surface area contributed by atoms with Crippen LogP contribution in [0.4, 0.5) is 0 Å². The molecule has 0 aromatic carbocycles. The number of carboxylic acids is 2. The van der Waals surface area contributed by atoms with Gasteiger partial charge >= 0.3 is 29.8 Å². The van der Waals surface area contributed by atoms with E-state index in [4.69, 9.17) is 23.7 Å². The Hall–Kier alpha value is -4.66. The third kappa shape index (κ3) is 10.4. The first kappa shape index (κ1) is 60.0. The summed E-state index contributed by atoms with van der Waals surface area (Å²) in [6.07, 6.45) is -16.6. The van der Waals surface area contributed by atoms with Crippen LogP contribution in [-0.2, 0) is 71.5 Å². The molecule has 2 aliphatic heterocycles.